The molecule has 0 aliphatic carbocycles. The van der Waals surface area contributed by atoms with Gasteiger partial charge in [-0.2, -0.15) is 0 Å². The molecule has 0 atom stereocenters. The Balaban J connectivity index is 2.27. The van der Waals surface area contributed by atoms with Crippen molar-refractivity contribution in [3.63, 3.8) is 0 Å². The zero-order chi connectivity index (χ0) is 11.5. The molecule has 16 heavy (non-hydrogen) atoms. The van der Waals surface area contributed by atoms with Crippen molar-refractivity contribution in [1.82, 2.24) is 5.16 Å². The fraction of sp³-hybridized carbons (Fsp3) is 0.182. The average Bonchev–Trinajstić information content (AvgIpc) is 2.77. The number of halogens is 3. The third-order valence-electron chi connectivity index (χ3n) is 2.15. The van der Waals surface area contributed by atoms with E-state index in [1.54, 1.807) is 18.2 Å². The number of nitrogens with zero attached hydrogens (tertiary/aromatic N) is 1. The molecular weight excluding hydrogens is 280 g/mol. The van der Waals surface area contributed by atoms with Gasteiger partial charge in [-0.15, -0.1) is 0 Å². The Morgan fingerprint density at radius 2 is 1.94 bits per heavy atom. The third-order valence-corrected chi connectivity index (χ3v) is 2.70. The van der Waals surface area contributed by atoms with E-state index >= 15 is 0 Å². The first-order valence-corrected chi connectivity index (χ1v) is 5.73. The van der Waals surface area contributed by atoms with Crippen molar-refractivity contribution < 1.29 is 13.3 Å². The molecule has 5 heteroatoms. The fourth-order valence-corrected chi connectivity index (χ4v) is 1.58. The highest BCUT2D eigenvalue weighted by Crippen LogP contribution is 2.24. The number of rotatable bonds is 3. The Hall–Kier alpha value is -1.23. The molecule has 84 valence electrons. The Kier molecular flexibility index (Phi) is 3.33. The molecule has 0 fully saturated rings. The zero-order valence-corrected chi connectivity index (χ0v) is 9.75. The summed E-state index contributed by atoms with van der Waals surface area (Å²) in [6.45, 7) is 0. The first kappa shape index (κ1) is 11.3. The van der Waals surface area contributed by atoms with E-state index in [9.17, 15) is 8.78 Å². The van der Waals surface area contributed by atoms with Crippen LogP contribution in [-0.2, 0) is 5.33 Å². The smallest absolute Gasteiger partial charge is 0.263 e. The zero-order valence-electron chi connectivity index (χ0n) is 8.16. The molecule has 0 aliphatic heterocycles. The predicted octanol–water partition coefficient (Wildman–Crippen LogP) is 4.17. The summed E-state index contributed by atoms with van der Waals surface area (Å²) in [5, 5.41) is 4.42. The largest absolute Gasteiger partial charge is 0.360 e. The van der Waals surface area contributed by atoms with Crippen molar-refractivity contribution in [2.45, 2.75) is 11.8 Å². The minimum atomic E-state index is -2.44. The SMILES string of the molecule is FC(F)c1ccc(-c2cc(CBr)on2)cc1. The lowest BCUT2D eigenvalue weighted by molar-refractivity contribution is 0.151. The molecule has 0 N–H and O–H groups in total. The van der Waals surface area contributed by atoms with Crippen molar-refractivity contribution in [3.05, 3.63) is 41.7 Å². The number of hydrogen-bond acceptors (Lipinski definition) is 2. The standard InChI is InChI=1S/C11H8BrF2NO/c12-6-9-5-10(15-16-9)7-1-3-8(4-2-7)11(13)14/h1-5,11H,6H2. The summed E-state index contributed by atoms with van der Waals surface area (Å²) < 4.78 is 29.6. The molecule has 2 aromatic rings. The molecule has 0 radical (unpaired) electrons. The number of alkyl halides is 3. The topological polar surface area (TPSA) is 26.0 Å². The second-order valence-electron chi connectivity index (χ2n) is 3.23. The Bertz CT molecular complexity index is 467. The molecule has 1 aromatic heterocycles. The Labute approximate surface area is 99.4 Å². The Morgan fingerprint density at radius 3 is 2.44 bits per heavy atom. The molecule has 2 rings (SSSR count). The highest BCUT2D eigenvalue weighted by molar-refractivity contribution is 9.08. The van der Waals surface area contributed by atoms with E-state index in [4.69, 9.17) is 4.52 Å². The average molecular weight is 288 g/mol. The van der Waals surface area contributed by atoms with Crippen LogP contribution in [0.3, 0.4) is 0 Å². The van der Waals surface area contributed by atoms with E-state index in [2.05, 4.69) is 21.1 Å². The monoisotopic (exact) mass is 287 g/mol. The summed E-state index contributed by atoms with van der Waals surface area (Å²) in [7, 11) is 0. The molecule has 0 aliphatic rings. The van der Waals surface area contributed by atoms with Gasteiger partial charge in [-0.1, -0.05) is 45.4 Å². The van der Waals surface area contributed by atoms with Gasteiger partial charge in [0, 0.05) is 17.2 Å². The van der Waals surface area contributed by atoms with Crippen LogP contribution in [0.4, 0.5) is 8.78 Å². The van der Waals surface area contributed by atoms with Crippen LogP contribution in [0.5, 0.6) is 0 Å². The quantitative estimate of drug-likeness (QED) is 0.792. The summed E-state index contributed by atoms with van der Waals surface area (Å²) in [5.74, 6) is 0.702. The van der Waals surface area contributed by atoms with Gasteiger partial charge in [0.15, 0.2) is 0 Å². The van der Waals surface area contributed by atoms with Crippen molar-refractivity contribution in [2.24, 2.45) is 0 Å². The normalized spacial score (nSPS) is 11.0. The molecular formula is C11H8BrF2NO. The van der Waals surface area contributed by atoms with Gasteiger partial charge in [-0.25, -0.2) is 8.78 Å². The van der Waals surface area contributed by atoms with Crippen LogP contribution in [-0.4, -0.2) is 5.16 Å². The summed E-state index contributed by atoms with van der Waals surface area (Å²) in [6, 6.07) is 7.77. The molecule has 2 nitrogen and oxygen atoms in total. The maximum Gasteiger partial charge on any atom is 0.263 e. The molecule has 0 bridgehead atoms. The molecule has 0 unspecified atom stereocenters. The summed E-state index contributed by atoms with van der Waals surface area (Å²) in [5.41, 5.74) is 1.42. The van der Waals surface area contributed by atoms with Gasteiger partial charge >= 0.3 is 0 Å². The van der Waals surface area contributed by atoms with Gasteiger partial charge in [0.1, 0.15) is 11.5 Å². The van der Waals surface area contributed by atoms with Gasteiger partial charge < -0.3 is 4.52 Å². The molecule has 1 heterocycles. The highest BCUT2D eigenvalue weighted by atomic mass is 79.9. The van der Waals surface area contributed by atoms with Gasteiger partial charge in [0.2, 0.25) is 0 Å². The van der Waals surface area contributed by atoms with E-state index in [1.807, 2.05) is 0 Å². The number of benzene rings is 1. The van der Waals surface area contributed by atoms with E-state index in [0.717, 1.165) is 5.56 Å². The van der Waals surface area contributed by atoms with E-state index in [0.29, 0.717) is 16.8 Å². The lowest BCUT2D eigenvalue weighted by Crippen LogP contribution is -1.84. The third kappa shape index (κ3) is 2.29. The predicted molar refractivity (Wildman–Crippen MR) is 59.5 cm³/mol. The first-order chi connectivity index (χ1) is 7.70. The summed E-state index contributed by atoms with van der Waals surface area (Å²) >= 11 is 3.24. The van der Waals surface area contributed by atoms with Crippen molar-refractivity contribution >= 4 is 15.9 Å². The molecule has 0 saturated carbocycles. The maximum absolute atomic E-state index is 12.3. The van der Waals surface area contributed by atoms with Gasteiger partial charge in [-0.3, -0.25) is 0 Å². The minimum absolute atomic E-state index is 0.00737. The maximum atomic E-state index is 12.3. The summed E-state index contributed by atoms with van der Waals surface area (Å²) in [4.78, 5) is 0. The van der Waals surface area contributed by atoms with E-state index in [1.165, 1.54) is 12.1 Å². The van der Waals surface area contributed by atoms with Crippen LogP contribution >= 0.6 is 15.9 Å². The molecule has 0 spiro atoms. The Morgan fingerprint density at radius 1 is 1.25 bits per heavy atom. The van der Waals surface area contributed by atoms with Crippen LogP contribution in [0.1, 0.15) is 17.7 Å². The number of aromatic nitrogens is 1. The van der Waals surface area contributed by atoms with Gasteiger partial charge in [0.05, 0.1) is 5.33 Å². The van der Waals surface area contributed by atoms with E-state index < -0.39 is 6.43 Å². The van der Waals surface area contributed by atoms with Crippen molar-refractivity contribution in [3.8, 4) is 11.3 Å². The lowest BCUT2D eigenvalue weighted by atomic mass is 10.1. The molecule has 1 aromatic carbocycles. The van der Waals surface area contributed by atoms with E-state index in [-0.39, 0.29) is 5.56 Å². The lowest BCUT2D eigenvalue weighted by Gasteiger charge is -1.99. The first-order valence-electron chi connectivity index (χ1n) is 4.60. The fourth-order valence-electron chi connectivity index (χ4n) is 1.31. The summed E-state index contributed by atoms with van der Waals surface area (Å²) in [6.07, 6.45) is -2.44. The van der Waals surface area contributed by atoms with Crippen LogP contribution < -0.4 is 0 Å². The minimum Gasteiger partial charge on any atom is -0.360 e. The van der Waals surface area contributed by atoms with Crippen LogP contribution in [0.15, 0.2) is 34.9 Å². The van der Waals surface area contributed by atoms with Crippen LogP contribution in [0.2, 0.25) is 0 Å². The van der Waals surface area contributed by atoms with Crippen molar-refractivity contribution in [2.75, 3.05) is 0 Å². The van der Waals surface area contributed by atoms with Gasteiger partial charge in [-0.05, 0) is 0 Å². The number of hydrogen-bond donors (Lipinski definition) is 0. The molecule has 0 amide bonds. The molecule has 0 saturated heterocycles. The van der Waals surface area contributed by atoms with Crippen molar-refractivity contribution in [1.29, 1.82) is 0 Å². The highest BCUT2D eigenvalue weighted by Gasteiger charge is 2.09. The van der Waals surface area contributed by atoms with Gasteiger partial charge in [0.25, 0.3) is 6.43 Å². The van der Waals surface area contributed by atoms with Crippen LogP contribution in [0, 0.1) is 0 Å². The van der Waals surface area contributed by atoms with Crippen LogP contribution in [0.25, 0.3) is 11.3 Å². The second kappa shape index (κ2) is 4.74. The second-order valence-corrected chi connectivity index (χ2v) is 3.80.